The zero-order valence-electron chi connectivity index (χ0n) is 19.4. The zero-order chi connectivity index (χ0) is 27.4. The van der Waals surface area contributed by atoms with Crippen LogP contribution in [0.3, 0.4) is 0 Å². The van der Waals surface area contributed by atoms with Gasteiger partial charge in [0.2, 0.25) is 0 Å². The van der Waals surface area contributed by atoms with Gasteiger partial charge in [-0.2, -0.15) is 0 Å². The number of carboxylic acids is 1. The van der Waals surface area contributed by atoms with Crippen molar-refractivity contribution in [2.45, 2.75) is 12.5 Å². The molecule has 1 aliphatic rings. The molecule has 11 heteroatoms. The second-order valence-corrected chi connectivity index (χ2v) is 12.7. The lowest BCUT2D eigenvalue weighted by Crippen LogP contribution is -2.32. The fourth-order valence-corrected chi connectivity index (χ4v) is 7.30. The molecule has 0 aromatic heterocycles. The van der Waals surface area contributed by atoms with Gasteiger partial charge in [-0.15, -0.1) is 0 Å². The Hall–Kier alpha value is -1.57. The smallest absolute Gasteiger partial charge is 0.320 e. The highest BCUT2D eigenvalue weighted by Crippen LogP contribution is 2.41. The highest BCUT2D eigenvalue weighted by atomic mass is 127. The first-order valence-electron chi connectivity index (χ1n) is 11.1. The third kappa shape index (κ3) is 7.33. The molecule has 0 unspecified atom stereocenters. The Bertz CT molecular complexity index is 1360. The molecule has 4 aromatic carbocycles. The van der Waals surface area contributed by atoms with Gasteiger partial charge in [0, 0.05) is 0 Å². The van der Waals surface area contributed by atoms with Crippen LogP contribution in [0.2, 0.25) is 0 Å². The maximum atomic E-state index is 10.9. The number of para-hydroxylation sites is 4. The second-order valence-electron chi connectivity index (χ2n) is 8.09. The van der Waals surface area contributed by atoms with Gasteiger partial charge in [0.15, 0.2) is 17.2 Å². The molecule has 1 atom stereocenters. The number of hydrogen-bond acceptors (Lipinski definition) is 6. The number of rotatable bonds is 5. The number of phenolic OH excluding ortho intramolecular Hbond substituents is 1. The fraction of sp³-hybridized carbons (Fsp3) is 0.0741. The van der Waals surface area contributed by atoms with Gasteiger partial charge in [0.05, 0.1) is 25.7 Å². The summed E-state index contributed by atoms with van der Waals surface area (Å²) in [6.07, 6.45) is 0.261. The third-order valence-electron chi connectivity index (χ3n) is 5.30. The van der Waals surface area contributed by atoms with Crippen molar-refractivity contribution in [1.82, 2.24) is 0 Å². The monoisotopic (exact) mass is 960 g/mol. The van der Waals surface area contributed by atoms with E-state index in [9.17, 15) is 9.90 Å². The maximum Gasteiger partial charge on any atom is 0.320 e. The molecule has 0 bridgehead atoms. The first kappa shape index (κ1) is 29.4. The molecule has 0 saturated carbocycles. The summed E-state index contributed by atoms with van der Waals surface area (Å²) < 4.78 is 14.9. The number of nitrogens with two attached hydrogens (primary N) is 1. The van der Waals surface area contributed by atoms with E-state index < -0.39 is 12.0 Å². The number of anilines is 2. The number of nitrogens with one attached hydrogen (secondary N) is 1. The van der Waals surface area contributed by atoms with E-state index in [1.165, 1.54) is 0 Å². The van der Waals surface area contributed by atoms with Crippen LogP contribution in [0.5, 0.6) is 28.7 Å². The van der Waals surface area contributed by atoms with E-state index in [2.05, 4.69) is 95.7 Å². The summed E-state index contributed by atoms with van der Waals surface area (Å²) in [5.41, 5.74) is 8.48. The largest absolute Gasteiger partial charge is 0.506 e. The molecule has 0 spiro atoms. The van der Waals surface area contributed by atoms with Crippen molar-refractivity contribution in [3.8, 4) is 28.7 Å². The number of carboxylic acid groups (broad SMARTS) is 1. The average molecular weight is 960 g/mol. The van der Waals surface area contributed by atoms with E-state index in [0.29, 0.717) is 18.6 Å². The van der Waals surface area contributed by atoms with Gasteiger partial charge in [-0.25, -0.2) is 0 Å². The number of carbonyl (C=O) groups is 1. The van der Waals surface area contributed by atoms with Crippen LogP contribution in [0.4, 0.5) is 11.4 Å². The quantitative estimate of drug-likeness (QED) is 0.132. The molecule has 0 radical (unpaired) electrons. The molecule has 38 heavy (non-hydrogen) atoms. The van der Waals surface area contributed by atoms with Gasteiger partial charge < -0.3 is 30.7 Å². The van der Waals surface area contributed by atoms with Crippen LogP contribution >= 0.6 is 90.4 Å². The van der Waals surface area contributed by atoms with Crippen LogP contribution < -0.4 is 20.5 Å². The van der Waals surface area contributed by atoms with Crippen LogP contribution in [0.1, 0.15) is 5.56 Å². The molecule has 5 rings (SSSR count). The Morgan fingerprint density at radius 1 is 0.868 bits per heavy atom. The summed E-state index contributed by atoms with van der Waals surface area (Å²) in [6, 6.07) is 22.2. The highest BCUT2D eigenvalue weighted by Gasteiger charge is 2.17. The minimum Gasteiger partial charge on any atom is -0.506 e. The molecular formula is C27H20I4N2O5. The van der Waals surface area contributed by atoms with Crippen molar-refractivity contribution < 1.29 is 24.5 Å². The molecule has 0 fully saturated rings. The van der Waals surface area contributed by atoms with Crippen molar-refractivity contribution in [2.24, 2.45) is 5.73 Å². The second kappa shape index (κ2) is 13.2. The van der Waals surface area contributed by atoms with Crippen LogP contribution in [0.15, 0.2) is 72.8 Å². The minimum atomic E-state index is -1.02. The average Bonchev–Trinajstić information content (AvgIpc) is 2.88. The summed E-state index contributed by atoms with van der Waals surface area (Å²) in [7, 11) is 0. The van der Waals surface area contributed by atoms with Crippen molar-refractivity contribution in [3.63, 3.8) is 0 Å². The summed E-state index contributed by atoms with van der Waals surface area (Å²) in [5.74, 6) is 2.31. The lowest BCUT2D eigenvalue weighted by molar-refractivity contribution is -0.138. The summed E-state index contributed by atoms with van der Waals surface area (Å²) in [4.78, 5) is 10.9. The summed E-state index contributed by atoms with van der Waals surface area (Å²) in [5, 5.41) is 22.1. The zero-order valence-corrected chi connectivity index (χ0v) is 28.1. The molecule has 0 aliphatic carbocycles. The van der Waals surface area contributed by atoms with Crippen LogP contribution in [-0.4, -0.2) is 22.2 Å². The number of phenols is 1. The third-order valence-corrected chi connectivity index (χ3v) is 8.55. The maximum absolute atomic E-state index is 10.9. The lowest BCUT2D eigenvalue weighted by Gasteiger charge is -2.20. The Labute approximate surface area is 274 Å². The Balaban J connectivity index is 0.000000201. The van der Waals surface area contributed by atoms with Crippen LogP contribution in [0, 0.1) is 14.3 Å². The number of fused-ring (bicyclic) bond motifs is 2. The molecule has 7 nitrogen and oxygen atoms in total. The fourth-order valence-electron chi connectivity index (χ4n) is 3.47. The molecule has 1 heterocycles. The predicted octanol–water partition coefficient (Wildman–Crippen LogP) is 8.09. The molecule has 4 aromatic rings. The van der Waals surface area contributed by atoms with Crippen molar-refractivity contribution in [2.75, 3.05) is 5.32 Å². The summed E-state index contributed by atoms with van der Waals surface area (Å²) >= 11 is 8.42. The van der Waals surface area contributed by atoms with Crippen LogP contribution in [-0.2, 0) is 11.2 Å². The predicted molar refractivity (Wildman–Crippen MR) is 181 cm³/mol. The first-order chi connectivity index (χ1) is 18.1. The van der Waals surface area contributed by atoms with E-state index in [1.807, 2.05) is 60.7 Å². The van der Waals surface area contributed by atoms with Gasteiger partial charge in [-0.1, -0.05) is 24.3 Å². The number of aliphatic carboxylic acids is 1. The van der Waals surface area contributed by atoms with E-state index in [0.717, 1.165) is 35.6 Å². The Morgan fingerprint density at radius 2 is 1.37 bits per heavy atom. The van der Waals surface area contributed by atoms with E-state index in [4.69, 9.17) is 20.3 Å². The van der Waals surface area contributed by atoms with E-state index >= 15 is 0 Å². The number of benzene rings is 4. The normalized spacial score (nSPS) is 12.0. The number of ether oxygens (including phenoxy) is 2. The molecular weight excluding hydrogens is 940 g/mol. The van der Waals surface area contributed by atoms with Gasteiger partial charge in [0.25, 0.3) is 0 Å². The standard InChI is InChI=1S/C15H11I4NO4.C12H9NO/c16-8-4-7(5-9(17)13(8)21)24-14-10(18)1-6(2-11(14)19)3-12(20)15(22)23;1-3-7-11-9(5-1)13-10-6-2-4-8-12(10)14-11/h1-2,4-5,12,21H,3,20H2,(H,22,23);1-8,13H/t12-;/m0./s1. The van der Waals surface area contributed by atoms with E-state index in [-0.39, 0.29) is 12.2 Å². The lowest BCUT2D eigenvalue weighted by atomic mass is 10.1. The van der Waals surface area contributed by atoms with Gasteiger partial charge in [-0.3, -0.25) is 4.79 Å². The molecule has 5 N–H and O–H groups in total. The first-order valence-corrected chi connectivity index (χ1v) is 15.4. The van der Waals surface area contributed by atoms with Crippen LogP contribution in [0.25, 0.3) is 0 Å². The van der Waals surface area contributed by atoms with Gasteiger partial charge in [0.1, 0.15) is 17.5 Å². The Kier molecular flexibility index (Phi) is 10.2. The van der Waals surface area contributed by atoms with Gasteiger partial charge in [-0.05, 0) is 151 Å². The molecule has 1 aliphatic heterocycles. The van der Waals surface area contributed by atoms with Crippen molar-refractivity contribution in [3.05, 3.63) is 92.6 Å². The summed E-state index contributed by atoms with van der Waals surface area (Å²) in [6.45, 7) is 0. The number of halogens is 4. The number of aromatic hydroxyl groups is 1. The molecule has 196 valence electrons. The van der Waals surface area contributed by atoms with Crippen molar-refractivity contribution >= 4 is 108 Å². The number of hydrogen-bond donors (Lipinski definition) is 4. The van der Waals surface area contributed by atoms with Crippen molar-refractivity contribution in [1.29, 1.82) is 0 Å². The Morgan fingerprint density at radius 3 is 1.87 bits per heavy atom. The molecule has 0 saturated heterocycles. The van der Waals surface area contributed by atoms with Gasteiger partial charge >= 0.3 is 5.97 Å². The SMILES string of the molecule is N[C@@H](Cc1cc(I)c(Oc2cc(I)c(O)c(I)c2)c(I)c1)C(=O)O.c1ccc2c(c1)Nc1ccccc1O2. The highest BCUT2D eigenvalue weighted by molar-refractivity contribution is 14.1. The topological polar surface area (TPSA) is 114 Å². The van der Waals surface area contributed by atoms with E-state index in [1.54, 1.807) is 12.1 Å². The molecule has 0 amide bonds. The minimum absolute atomic E-state index is 0.242.